The third-order valence-electron chi connectivity index (χ3n) is 4.12. The van der Waals surface area contributed by atoms with Gasteiger partial charge in [-0.1, -0.05) is 23.9 Å². The molecule has 0 fully saturated rings. The molecule has 0 aliphatic rings. The number of hydrogen-bond acceptors (Lipinski definition) is 7. The molecule has 7 nitrogen and oxygen atoms in total. The molecule has 1 atom stereocenters. The molecular weight excluding hydrogens is 376 g/mol. The van der Waals surface area contributed by atoms with Crippen molar-refractivity contribution in [1.29, 1.82) is 0 Å². The molecule has 0 bridgehead atoms. The number of anilines is 2. The highest BCUT2D eigenvalue weighted by Gasteiger charge is 2.18. The van der Waals surface area contributed by atoms with Gasteiger partial charge in [0.2, 0.25) is 5.91 Å². The van der Waals surface area contributed by atoms with E-state index in [4.69, 9.17) is 9.47 Å². The molecule has 0 aliphatic carbocycles. The van der Waals surface area contributed by atoms with E-state index in [0.29, 0.717) is 22.3 Å². The van der Waals surface area contributed by atoms with Gasteiger partial charge in [-0.2, -0.15) is 0 Å². The number of carbonyl (C=O) groups excluding carboxylic acids is 1. The number of rotatable bonds is 7. The van der Waals surface area contributed by atoms with E-state index in [0.717, 1.165) is 16.7 Å². The first kappa shape index (κ1) is 19.8. The normalized spacial score (nSPS) is 11.7. The Balaban J connectivity index is 1.75. The van der Waals surface area contributed by atoms with E-state index >= 15 is 0 Å². The number of fused-ring (bicyclic) bond motifs is 1. The zero-order chi connectivity index (χ0) is 20.1. The SMILES string of the molecule is CNc1nc(S[C@H](C)C(=O)Nc2ccc(OC)c(OC)c2)nc2ccccc12. The molecule has 0 radical (unpaired) electrons. The third kappa shape index (κ3) is 4.28. The molecule has 0 aliphatic heterocycles. The quantitative estimate of drug-likeness (QED) is 0.462. The molecule has 2 aromatic carbocycles. The van der Waals surface area contributed by atoms with Crippen LogP contribution in [0.15, 0.2) is 47.6 Å². The molecule has 3 rings (SSSR count). The Labute approximate surface area is 167 Å². The van der Waals surface area contributed by atoms with Gasteiger partial charge in [-0.05, 0) is 31.2 Å². The van der Waals surface area contributed by atoms with Crippen LogP contribution in [0.4, 0.5) is 11.5 Å². The Bertz CT molecular complexity index is 996. The summed E-state index contributed by atoms with van der Waals surface area (Å²) in [6, 6.07) is 13.0. The Morgan fingerprint density at radius 3 is 2.54 bits per heavy atom. The fourth-order valence-electron chi connectivity index (χ4n) is 2.67. The zero-order valence-corrected chi connectivity index (χ0v) is 17.0. The standard InChI is InChI=1S/C20H22N4O3S/c1-12(19(25)22-13-9-10-16(26-3)17(11-13)27-4)28-20-23-15-8-6-5-7-14(15)18(21-2)24-20/h5-12H,1-4H3,(H,22,25)(H,21,23,24)/t12-/m1/s1. The van der Waals surface area contributed by atoms with E-state index < -0.39 is 0 Å². The summed E-state index contributed by atoms with van der Waals surface area (Å²) in [6.45, 7) is 1.82. The van der Waals surface area contributed by atoms with Gasteiger partial charge in [0.05, 0.1) is 25.0 Å². The van der Waals surface area contributed by atoms with E-state index in [1.165, 1.54) is 11.8 Å². The Morgan fingerprint density at radius 1 is 1.07 bits per heavy atom. The lowest BCUT2D eigenvalue weighted by molar-refractivity contribution is -0.115. The average molecular weight is 398 g/mol. The van der Waals surface area contributed by atoms with Gasteiger partial charge in [-0.25, -0.2) is 9.97 Å². The lowest BCUT2D eigenvalue weighted by Gasteiger charge is -2.14. The van der Waals surface area contributed by atoms with E-state index in [1.54, 1.807) is 32.4 Å². The summed E-state index contributed by atoms with van der Waals surface area (Å²) in [4.78, 5) is 21.7. The summed E-state index contributed by atoms with van der Waals surface area (Å²) in [7, 11) is 4.94. The van der Waals surface area contributed by atoms with Crippen molar-refractivity contribution in [1.82, 2.24) is 9.97 Å². The first-order chi connectivity index (χ1) is 13.5. The van der Waals surface area contributed by atoms with Crippen LogP contribution in [0.3, 0.4) is 0 Å². The monoisotopic (exact) mass is 398 g/mol. The van der Waals surface area contributed by atoms with Crippen LogP contribution in [0.1, 0.15) is 6.92 Å². The molecule has 3 aromatic rings. The van der Waals surface area contributed by atoms with E-state index in [2.05, 4.69) is 20.6 Å². The smallest absolute Gasteiger partial charge is 0.237 e. The number of hydrogen-bond donors (Lipinski definition) is 2. The second-order valence-corrected chi connectivity index (χ2v) is 7.25. The van der Waals surface area contributed by atoms with E-state index in [-0.39, 0.29) is 11.2 Å². The number of thioether (sulfide) groups is 1. The first-order valence-corrected chi connectivity index (χ1v) is 9.57. The second kappa shape index (κ2) is 8.79. The van der Waals surface area contributed by atoms with Crippen molar-refractivity contribution >= 4 is 40.1 Å². The highest BCUT2D eigenvalue weighted by atomic mass is 32.2. The topological polar surface area (TPSA) is 85.4 Å². The van der Waals surface area contributed by atoms with Crippen molar-refractivity contribution in [2.45, 2.75) is 17.3 Å². The molecule has 1 aromatic heterocycles. The second-order valence-electron chi connectivity index (χ2n) is 5.94. The molecular formula is C20H22N4O3S. The fourth-order valence-corrected chi connectivity index (χ4v) is 3.45. The van der Waals surface area contributed by atoms with E-state index in [1.807, 2.05) is 38.2 Å². The predicted octanol–water partition coefficient (Wildman–Crippen LogP) is 3.81. The minimum absolute atomic E-state index is 0.153. The van der Waals surface area contributed by atoms with Crippen LogP contribution in [0, 0.1) is 0 Å². The van der Waals surface area contributed by atoms with Crippen molar-refractivity contribution < 1.29 is 14.3 Å². The summed E-state index contributed by atoms with van der Waals surface area (Å²) in [5.41, 5.74) is 1.46. The first-order valence-electron chi connectivity index (χ1n) is 8.69. The largest absolute Gasteiger partial charge is 0.493 e. The Morgan fingerprint density at radius 2 is 1.82 bits per heavy atom. The Hall–Kier alpha value is -3.00. The maximum absolute atomic E-state index is 12.6. The number of nitrogens with zero attached hydrogens (tertiary/aromatic N) is 2. The molecule has 28 heavy (non-hydrogen) atoms. The average Bonchev–Trinajstić information content (AvgIpc) is 2.72. The number of para-hydroxylation sites is 1. The number of nitrogens with one attached hydrogen (secondary N) is 2. The van der Waals surface area contributed by atoms with Crippen LogP contribution in [0.5, 0.6) is 11.5 Å². The van der Waals surface area contributed by atoms with Crippen molar-refractivity contribution in [2.75, 3.05) is 31.9 Å². The van der Waals surface area contributed by atoms with Crippen LogP contribution >= 0.6 is 11.8 Å². The van der Waals surface area contributed by atoms with Gasteiger partial charge < -0.3 is 20.1 Å². The van der Waals surface area contributed by atoms with Crippen LogP contribution in [-0.4, -0.2) is 42.4 Å². The van der Waals surface area contributed by atoms with Crippen LogP contribution in [0.2, 0.25) is 0 Å². The maximum Gasteiger partial charge on any atom is 0.237 e. The number of carbonyl (C=O) groups is 1. The van der Waals surface area contributed by atoms with Gasteiger partial charge in [-0.15, -0.1) is 0 Å². The number of benzene rings is 2. The minimum Gasteiger partial charge on any atom is -0.493 e. The molecule has 0 unspecified atom stereocenters. The van der Waals surface area contributed by atoms with Crippen LogP contribution < -0.4 is 20.1 Å². The summed E-state index contributed by atoms with van der Waals surface area (Å²) in [6.07, 6.45) is 0. The van der Waals surface area contributed by atoms with Crippen molar-refractivity contribution in [2.24, 2.45) is 0 Å². The van der Waals surface area contributed by atoms with Gasteiger partial charge in [0.15, 0.2) is 16.7 Å². The number of aromatic nitrogens is 2. The van der Waals surface area contributed by atoms with Gasteiger partial charge in [0.25, 0.3) is 0 Å². The number of amides is 1. The zero-order valence-electron chi connectivity index (χ0n) is 16.1. The lowest BCUT2D eigenvalue weighted by atomic mass is 10.2. The summed E-state index contributed by atoms with van der Waals surface area (Å²) < 4.78 is 10.5. The van der Waals surface area contributed by atoms with Crippen molar-refractivity contribution in [3.63, 3.8) is 0 Å². The van der Waals surface area contributed by atoms with Gasteiger partial charge in [-0.3, -0.25) is 4.79 Å². The summed E-state index contributed by atoms with van der Waals surface area (Å²) in [5.74, 6) is 1.74. The van der Waals surface area contributed by atoms with Crippen molar-refractivity contribution in [3.05, 3.63) is 42.5 Å². The lowest BCUT2D eigenvalue weighted by Crippen LogP contribution is -2.22. The minimum atomic E-state index is -0.390. The number of methoxy groups -OCH3 is 2. The summed E-state index contributed by atoms with van der Waals surface area (Å²) >= 11 is 1.30. The Kier molecular flexibility index (Phi) is 6.20. The summed E-state index contributed by atoms with van der Waals surface area (Å²) in [5, 5.41) is 7.06. The molecule has 0 saturated carbocycles. The van der Waals surface area contributed by atoms with Gasteiger partial charge in [0.1, 0.15) is 5.82 Å². The van der Waals surface area contributed by atoms with Gasteiger partial charge in [0, 0.05) is 24.2 Å². The predicted molar refractivity (Wildman–Crippen MR) is 113 cm³/mol. The maximum atomic E-state index is 12.6. The van der Waals surface area contributed by atoms with Crippen LogP contribution in [-0.2, 0) is 4.79 Å². The van der Waals surface area contributed by atoms with Crippen molar-refractivity contribution in [3.8, 4) is 11.5 Å². The fraction of sp³-hybridized carbons (Fsp3) is 0.250. The number of ether oxygens (including phenoxy) is 2. The molecule has 0 saturated heterocycles. The van der Waals surface area contributed by atoms with E-state index in [9.17, 15) is 4.79 Å². The molecule has 146 valence electrons. The molecule has 0 spiro atoms. The molecule has 8 heteroatoms. The van der Waals surface area contributed by atoms with Gasteiger partial charge >= 0.3 is 0 Å². The molecule has 1 heterocycles. The highest BCUT2D eigenvalue weighted by molar-refractivity contribution is 8.00. The highest BCUT2D eigenvalue weighted by Crippen LogP contribution is 2.31. The third-order valence-corrected chi connectivity index (χ3v) is 5.08. The molecule has 1 amide bonds. The molecule has 2 N–H and O–H groups in total. The van der Waals surface area contributed by atoms with Crippen LogP contribution in [0.25, 0.3) is 10.9 Å².